The van der Waals surface area contributed by atoms with E-state index in [4.69, 9.17) is 10.5 Å². The molecule has 15 heavy (non-hydrogen) atoms. The SMILES string of the molecule is COC(C)(C)c1ccc(C(=O)CN)cc1. The predicted octanol–water partition coefficient (Wildman–Crippen LogP) is 1.71. The average molecular weight is 207 g/mol. The van der Waals surface area contributed by atoms with Crippen molar-refractivity contribution in [3.05, 3.63) is 35.4 Å². The van der Waals surface area contributed by atoms with Crippen LogP contribution in [0.15, 0.2) is 24.3 Å². The van der Waals surface area contributed by atoms with Gasteiger partial charge in [-0.15, -0.1) is 0 Å². The first-order valence-electron chi connectivity index (χ1n) is 4.90. The highest BCUT2D eigenvalue weighted by atomic mass is 16.5. The second-order valence-electron chi connectivity index (χ2n) is 3.92. The van der Waals surface area contributed by atoms with E-state index in [1.54, 1.807) is 19.2 Å². The highest BCUT2D eigenvalue weighted by Crippen LogP contribution is 2.23. The molecule has 1 aromatic carbocycles. The van der Waals surface area contributed by atoms with Crippen LogP contribution >= 0.6 is 0 Å². The van der Waals surface area contributed by atoms with Gasteiger partial charge in [-0.05, 0) is 19.4 Å². The maximum absolute atomic E-state index is 11.3. The predicted molar refractivity (Wildman–Crippen MR) is 59.9 cm³/mol. The molecule has 0 amide bonds. The minimum absolute atomic E-state index is 0.0447. The van der Waals surface area contributed by atoms with Crippen molar-refractivity contribution in [2.24, 2.45) is 5.73 Å². The molecule has 0 aliphatic carbocycles. The Morgan fingerprint density at radius 3 is 2.27 bits per heavy atom. The van der Waals surface area contributed by atoms with E-state index < -0.39 is 0 Å². The maximum atomic E-state index is 11.3. The Morgan fingerprint density at radius 1 is 1.33 bits per heavy atom. The van der Waals surface area contributed by atoms with E-state index >= 15 is 0 Å². The van der Waals surface area contributed by atoms with Gasteiger partial charge in [0.25, 0.3) is 0 Å². The lowest BCUT2D eigenvalue weighted by Crippen LogP contribution is -2.20. The topological polar surface area (TPSA) is 52.3 Å². The van der Waals surface area contributed by atoms with Crippen LogP contribution in [0, 0.1) is 0 Å². The monoisotopic (exact) mass is 207 g/mol. The van der Waals surface area contributed by atoms with Gasteiger partial charge in [-0.25, -0.2) is 0 Å². The van der Waals surface area contributed by atoms with Crippen LogP contribution in [0.4, 0.5) is 0 Å². The first kappa shape index (κ1) is 11.9. The van der Waals surface area contributed by atoms with Crippen LogP contribution in [-0.2, 0) is 10.3 Å². The molecule has 0 atom stereocenters. The molecule has 0 saturated carbocycles. The Hall–Kier alpha value is -1.19. The van der Waals surface area contributed by atoms with Crippen LogP contribution in [0.25, 0.3) is 0 Å². The summed E-state index contributed by atoms with van der Waals surface area (Å²) in [6.45, 7) is 4.01. The van der Waals surface area contributed by atoms with Gasteiger partial charge in [0.2, 0.25) is 0 Å². The number of rotatable bonds is 4. The number of hydrogen-bond donors (Lipinski definition) is 1. The summed E-state index contributed by atoms with van der Waals surface area (Å²) >= 11 is 0. The molecule has 0 saturated heterocycles. The molecule has 0 radical (unpaired) electrons. The molecule has 0 unspecified atom stereocenters. The summed E-state index contributed by atoms with van der Waals surface area (Å²) in [5, 5.41) is 0. The number of ketones is 1. The molecule has 0 aliphatic rings. The molecule has 0 heterocycles. The largest absolute Gasteiger partial charge is 0.374 e. The van der Waals surface area contributed by atoms with Gasteiger partial charge in [-0.1, -0.05) is 24.3 Å². The molecule has 1 rings (SSSR count). The first-order chi connectivity index (χ1) is 7.01. The second-order valence-corrected chi connectivity index (χ2v) is 3.92. The summed E-state index contributed by atoms with van der Waals surface area (Å²) in [5.41, 5.74) is 6.64. The number of carbonyl (C=O) groups is 1. The summed E-state index contributed by atoms with van der Waals surface area (Å²) in [7, 11) is 1.67. The van der Waals surface area contributed by atoms with E-state index in [-0.39, 0.29) is 17.9 Å². The highest BCUT2D eigenvalue weighted by molar-refractivity contribution is 5.97. The Balaban J connectivity index is 2.95. The van der Waals surface area contributed by atoms with Crippen molar-refractivity contribution < 1.29 is 9.53 Å². The third kappa shape index (κ3) is 2.64. The smallest absolute Gasteiger partial charge is 0.176 e. The van der Waals surface area contributed by atoms with Crippen LogP contribution in [0.3, 0.4) is 0 Å². The number of nitrogens with two attached hydrogens (primary N) is 1. The van der Waals surface area contributed by atoms with Gasteiger partial charge in [0, 0.05) is 12.7 Å². The van der Waals surface area contributed by atoms with E-state index in [9.17, 15) is 4.79 Å². The van der Waals surface area contributed by atoms with E-state index in [0.717, 1.165) is 5.56 Å². The van der Waals surface area contributed by atoms with Gasteiger partial charge in [-0.2, -0.15) is 0 Å². The molecule has 3 heteroatoms. The van der Waals surface area contributed by atoms with Gasteiger partial charge >= 0.3 is 0 Å². The lowest BCUT2D eigenvalue weighted by Gasteiger charge is -2.23. The van der Waals surface area contributed by atoms with Gasteiger partial charge in [0.05, 0.1) is 12.1 Å². The molecule has 0 aliphatic heterocycles. The van der Waals surface area contributed by atoms with E-state index in [0.29, 0.717) is 5.56 Å². The summed E-state index contributed by atoms with van der Waals surface area (Å²) in [4.78, 5) is 11.3. The van der Waals surface area contributed by atoms with Crippen LogP contribution in [0.2, 0.25) is 0 Å². The van der Waals surface area contributed by atoms with Gasteiger partial charge < -0.3 is 10.5 Å². The van der Waals surface area contributed by atoms with Crippen LogP contribution in [0.5, 0.6) is 0 Å². The van der Waals surface area contributed by atoms with E-state index in [2.05, 4.69) is 0 Å². The van der Waals surface area contributed by atoms with Gasteiger partial charge in [0.15, 0.2) is 5.78 Å². The quantitative estimate of drug-likeness (QED) is 0.765. The number of carbonyl (C=O) groups excluding carboxylic acids is 1. The van der Waals surface area contributed by atoms with E-state index in [1.807, 2.05) is 26.0 Å². The lowest BCUT2D eigenvalue weighted by atomic mass is 9.96. The molecule has 0 aromatic heterocycles. The number of Topliss-reactive ketones (excluding diaryl/α,β-unsaturated/α-hetero) is 1. The third-order valence-electron chi connectivity index (χ3n) is 2.60. The molecule has 2 N–H and O–H groups in total. The number of benzene rings is 1. The Morgan fingerprint density at radius 2 is 1.87 bits per heavy atom. The highest BCUT2D eigenvalue weighted by Gasteiger charge is 2.19. The zero-order chi connectivity index (χ0) is 11.5. The molecule has 0 fully saturated rings. The fraction of sp³-hybridized carbons (Fsp3) is 0.417. The Labute approximate surface area is 90.2 Å². The van der Waals surface area contributed by atoms with Crippen molar-refractivity contribution in [1.82, 2.24) is 0 Å². The fourth-order valence-corrected chi connectivity index (χ4v) is 1.29. The molecule has 0 spiro atoms. The van der Waals surface area contributed by atoms with Crippen molar-refractivity contribution in [3.8, 4) is 0 Å². The summed E-state index contributed by atoms with van der Waals surface area (Å²) < 4.78 is 5.34. The van der Waals surface area contributed by atoms with Crippen molar-refractivity contribution in [2.75, 3.05) is 13.7 Å². The van der Waals surface area contributed by atoms with Crippen molar-refractivity contribution in [2.45, 2.75) is 19.4 Å². The van der Waals surface area contributed by atoms with Crippen LogP contribution in [0.1, 0.15) is 29.8 Å². The number of ether oxygens (including phenoxy) is 1. The zero-order valence-corrected chi connectivity index (χ0v) is 9.41. The zero-order valence-electron chi connectivity index (χ0n) is 9.41. The molecule has 82 valence electrons. The van der Waals surface area contributed by atoms with Crippen LogP contribution < -0.4 is 5.73 Å². The van der Waals surface area contributed by atoms with Crippen molar-refractivity contribution >= 4 is 5.78 Å². The molecule has 0 bridgehead atoms. The van der Waals surface area contributed by atoms with Gasteiger partial charge in [0.1, 0.15) is 0 Å². The van der Waals surface area contributed by atoms with Gasteiger partial charge in [-0.3, -0.25) is 4.79 Å². The van der Waals surface area contributed by atoms with Crippen molar-refractivity contribution in [3.63, 3.8) is 0 Å². The molecular formula is C12H17NO2. The fourth-order valence-electron chi connectivity index (χ4n) is 1.29. The third-order valence-corrected chi connectivity index (χ3v) is 2.60. The molecule has 1 aromatic rings. The second kappa shape index (κ2) is 4.55. The summed E-state index contributed by atoms with van der Waals surface area (Å²) in [6.07, 6.45) is 0. The first-order valence-corrected chi connectivity index (χ1v) is 4.90. The Bertz CT molecular complexity index is 341. The normalized spacial score (nSPS) is 11.5. The van der Waals surface area contributed by atoms with Crippen LogP contribution in [-0.4, -0.2) is 19.4 Å². The number of hydrogen-bond acceptors (Lipinski definition) is 3. The standard InChI is InChI=1S/C12H17NO2/c1-12(2,15-3)10-6-4-9(5-7-10)11(14)8-13/h4-7H,8,13H2,1-3H3. The summed E-state index contributed by atoms with van der Waals surface area (Å²) in [6, 6.07) is 7.36. The molecule has 3 nitrogen and oxygen atoms in total. The minimum Gasteiger partial charge on any atom is -0.374 e. The Kier molecular flexibility index (Phi) is 3.61. The van der Waals surface area contributed by atoms with E-state index in [1.165, 1.54) is 0 Å². The molecular weight excluding hydrogens is 190 g/mol. The summed E-state index contributed by atoms with van der Waals surface area (Å²) in [5.74, 6) is -0.0447. The average Bonchev–Trinajstić information content (AvgIpc) is 2.28. The number of methoxy groups -OCH3 is 1. The van der Waals surface area contributed by atoms with Crippen molar-refractivity contribution in [1.29, 1.82) is 0 Å². The maximum Gasteiger partial charge on any atom is 0.176 e. The lowest BCUT2D eigenvalue weighted by molar-refractivity contribution is 0.0192. The minimum atomic E-state index is -0.329.